The van der Waals surface area contributed by atoms with E-state index < -0.39 is 11.7 Å². The monoisotopic (exact) mass is 286 g/mol. The molecule has 20 heavy (non-hydrogen) atoms. The van der Waals surface area contributed by atoms with Gasteiger partial charge < -0.3 is 10.2 Å². The molecule has 1 aliphatic heterocycles. The highest BCUT2D eigenvalue weighted by atomic mass is 19.4. The maximum atomic E-state index is 12.6. The highest BCUT2D eigenvalue weighted by molar-refractivity contribution is 5.48. The average molecular weight is 286 g/mol. The van der Waals surface area contributed by atoms with E-state index >= 15 is 0 Å². The Hall–Kier alpha value is -1.23. The predicted octanol–water partition coefficient (Wildman–Crippen LogP) is 3.53. The van der Waals surface area contributed by atoms with Gasteiger partial charge in [-0.25, -0.2) is 0 Å². The normalized spacial score (nSPS) is 21.9. The van der Waals surface area contributed by atoms with Gasteiger partial charge in [-0.1, -0.05) is 20.3 Å². The van der Waals surface area contributed by atoms with Crippen molar-refractivity contribution in [2.75, 3.05) is 24.5 Å². The van der Waals surface area contributed by atoms with Crippen molar-refractivity contribution in [3.8, 4) is 0 Å². The van der Waals surface area contributed by atoms with Crippen LogP contribution in [0, 0.1) is 5.92 Å². The van der Waals surface area contributed by atoms with Crippen LogP contribution in [0.4, 0.5) is 18.9 Å². The van der Waals surface area contributed by atoms with Crippen LogP contribution in [0.1, 0.15) is 25.8 Å². The zero-order chi connectivity index (χ0) is 14.8. The molecule has 2 rings (SSSR count). The Morgan fingerprint density at radius 3 is 2.50 bits per heavy atom. The molecule has 2 nitrogen and oxygen atoms in total. The molecule has 2 unspecified atom stereocenters. The van der Waals surface area contributed by atoms with Gasteiger partial charge in [0.25, 0.3) is 0 Å². The van der Waals surface area contributed by atoms with Crippen molar-refractivity contribution in [2.45, 2.75) is 32.5 Å². The minimum absolute atomic E-state index is 0.399. The quantitative estimate of drug-likeness (QED) is 0.914. The zero-order valence-electron chi connectivity index (χ0n) is 11.9. The van der Waals surface area contributed by atoms with Crippen molar-refractivity contribution >= 4 is 5.69 Å². The number of benzene rings is 1. The summed E-state index contributed by atoms with van der Waals surface area (Å²) in [5.41, 5.74) is 0.280. The summed E-state index contributed by atoms with van der Waals surface area (Å²) in [7, 11) is 0. The molecular weight excluding hydrogens is 265 g/mol. The number of hydrogen-bond donors (Lipinski definition) is 1. The molecule has 1 fully saturated rings. The van der Waals surface area contributed by atoms with Gasteiger partial charge in [0, 0.05) is 31.4 Å². The Kier molecular flexibility index (Phi) is 4.58. The van der Waals surface area contributed by atoms with E-state index in [0.717, 1.165) is 43.9 Å². The zero-order valence-corrected chi connectivity index (χ0v) is 11.9. The van der Waals surface area contributed by atoms with Gasteiger partial charge in [-0.15, -0.1) is 0 Å². The van der Waals surface area contributed by atoms with Crippen LogP contribution in [0.5, 0.6) is 0 Å². The van der Waals surface area contributed by atoms with Gasteiger partial charge in [0.1, 0.15) is 0 Å². The highest BCUT2D eigenvalue weighted by Crippen LogP contribution is 2.30. The van der Waals surface area contributed by atoms with Gasteiger partial charge in [-0.3, -0.25) is 0 Å². The summed E-state index contributed by atoms with van der Waals surface area (Å²) in [6.45, 7) is 6.91. The first-order valence-corrected chi connectivity index (χ1v) is 7.07. The van der Waals surface area contributed by atoms with E-state index in [2.05, 4.69) is 24.1 Å². The van der Waals surface area contributed by atoms with Crippen LogP contribution in [-0.4, -0.2) is 25.7 Å². The summed E-state index contributed by atoms with van der Waals surface area (Å²) in [4.78, 5) is 2.16. The van der Waals surface area contributed by atoms with E-state index in [1.807, 2.05) is 0 Å². The first-order chi connectivity index (χ1) is 9.41. The summed E-state index contributed by atoms with van der Waals surface area (Å²) < 4.78 is 37.7. The van der Waals surface area contributed by atoms with E-state index in [1.54, 1.807) is 12.1 Å². The summed E-state index contributed by atoms with van der Waals surface area (Å²) in [6, 6.07) is 5.87. The Morgan fingerprint density at radius 1 is 1.30 bits per heavy atom. The van der Waals surface area contributed by atoms with Crippen molar-refractivity contribution in [3.05, 3.63) is 29.8 Å². The largest absolute Gasteiger partial charge is 0.416 e. The second-order valence-corrected chi connectivity index (χ2v) is 5.44. The molecule has 1 heterocycles. The highest BCUT2D eigenvalue weighted by Gasteiger charge is 2.30. The van der Waals surface area contributed by atoms with Crippen LogP contribution in [0.3, 0.4) is 0 Å². The minimum atomic E-state index is -4.26. The third kappa shape index (κ3) is 3.45. The van der Waals surface area contributed by atoms with Crippen LogP contribution < -0.4 is 10.2 Å². The van der Waals surface area contributed by atoms with E-state index in [1.165, 1.54) is 0 Å². The molecule has 1 N–H and O–H groups in total. The fourth-order valence-corrected chi connectivity index (χ4v) is 2.54. The van der Waals surface area contributed by atoms with E-state index in [0.29, 0.717) is 12.0 Å². The van der Waals surface area contributed by atoms with E-state index in [4.69, 9.17) is 0 Å². The van der Waals surface area contributed by atoms with Gasteiger partial charge >= 0.3 is 6.18 Å². The number of hydrogen-bond acceptors (Lipinski definition) is 2. The Balaban J connectivity index is 2.07. The minimum Gasteiger partial charge on any atom is -0.369 e. The predicted molar refractivity (Wildman–Crippen MR) is 74.9 cm³/mol. The summed E-state index contributed by atoms with van der Waals surface area (Å²) >= 11 is 0. The summed E-state index contributed by atoms with van der Waals surface area (Å²) in [5, 5.41) is 3.48. The fraction of sp³-hybridized carbons (Fsp3) is 0.600. The Labute approximate surface area is 118 Å². The van der Waals surface area contributed by atoms with Crippen molar-refractivity contribution in [1.82, 2.24) is 5.32 Å². The number of rotatable bonds is 3. The molecule has 5 heteroatoms. The lowest BCUT2D eigenvalue weighted by molar-refractivity contribution is -0.137. The van der Waals surface area contributed by atoms with Crippen molar-refractivity contribution in [3.63, 3.8) is 0 Å². The molecule has 1 aromatic carbocycles. The Morgan fingerprint density at radius 2 is 1.95 bits per heavy atom. The van der Waals surface area contributed by atoms with E-state index in [9.17, 15) is 13.2 Å². The number of nitrogens with zero attached hydrogens (tertiary/aromatic N) is 1. The van der Waals surface area contributed by atoms with Gasteiger partial charge in [-0.2, -0.15) is 13.2 Å². The number of nitrogens with one attached hydrogen (secondary N) is 1. The summed E-state index contributed by atoms with van der Waals surface area (Å²) in [5.74, 6) is 0.562. The van der Waals surface area contributed by atoms with Gasteiger partial charge in [0.05, 0.1) is 5.56 Å². The first-order valence-electron chi connectivity index (χ1n) is 7.07. The summed E-state index contributed by atoms with van der Waals surface area (Å²) in [6.07, 6.45) is -3.17. The number of halogens is 3. The lowest BCUT2D eigenvalue weighted by atomic mass is 9.97. The maximum absolute atomic E-state index is 12.6. The first kappa shape index (κ1) is 15.2. The number of alkyl halides is 3. The van der Waals surface area contributed by atoms with Crippen molar-refractivity contribution in [1.29, 1.82) is 0 Å². The molecule has 0 aliphatic carbocycles. The smallest absolute Gasteiger partial charge is 0.369 e. The third-order valence-electron chi connectivity index (χ3n) is 4.10. The third-order valence-corrected chi connectivity index (χ3v) is 4.10. The molecule has 0 amide bonds. The van der Waals surface area contributed by atoms with Crippen LogP contribution in [0.2, 0.25) is 0 Å². The molecule has 0 bridgehead atoms. The second kappa shape index (κ2) is 6.04. The van der Waals surface area contributed by atoms with Crippen molar-refractivity contribution < 1.29 is 13.2 Å². The van der Waals surface area contributed by atoms with Gasteiger partial charge in [0.15, 0.2) is 0 Å². The SMILES string of the molecule is CCC(C)C1CN(c2ccc(C(F)(F)F)cc2)CCN1. The molecule has 2 atom stereocenters. The topological polar surface area (TPSA) is 15.3 Å². The van der Waals surface area contributed by atoms with Crippen molar-refractivity contribution in [2.24, 2.45) is 5.92 Å². The lowest BCUT2D eigenvalue weighted by Gasteiger charge is -2.38. The number of piperazine rings is 1. The molecule has 0 spiro atoms. The fourth-order valence-electron chi connectivity index (χ4n) is 2.54. The molecule has 0 saturated carbocycles. The van der Waals surface area contributed by atoms with Crippen LogP contribution >= 0.6 is 0 Å². The Bertz CT molecular complexity index is 428. The van der Waals surface area contributed by atoms with Crippen LogP contribution in [0.15, 0.2) is 24.3 Å². The second-order valence-electron chi connectivity index (χ2n) is 5.44. The van der Waals surface area contributed by atoms with Gasteiger partial charge in [0.2, 0.25) is 0 Å². The molecule has 0 radical (unpaired) electrons. The maximum Gasteiger partial charge on any atom is 0.416 e. The molecule has 1 saturated heterocycles. The van der Waals surface area contributed by atoms with Crippen LogP contribution in [-0.2, 0) is 6.18 Å². The molecule has 1 aromatic rings. The molecule has 112 valence electrons. The van der Waals surface area contributed by atoms with E-state index in [-0.39, 0.29) is 0 Å². The number of anilines is 1. The lowest BCUT2D eigenvalue weighted by Crippen LogP contribution is -2.53. The van der Waals surface area contributed by atoms with Crippen LogP contribution in [0.25, 0.3) is 0 Å². The molecule has 0 aromatic heterocycles. The standard InChI is InChI=1S/C15H21F3N2/c1-3-11(2)14-10-20(9-8-19-14)13-6-4-12(5-7-13)15(16,17)18/h4-7,11,14,19H,3,8-10H2,1-2H3. The molecule has 1 aliphatic rings. The van der Waals surface area contributed by atoms with Gasteiger partial charge in [-0.05, 0) is 30.2 Å². The molecular formula is C15H21F3N2. The average Bonchev–Trinajstić information content (AvgIpc) is 2.46.